The number of rotatable bonds is 3. The third-order valence-electron chi connectivity index (χ3n) is 4.95. The number of nitrogens with zero attached hydrogens (tertiary/aromatic N) is 2. The molecule has 3 aromatic rings. The molecule has 2 aromatic carbocycles. The summed E-state index contributed by atoms with van der Waals surface area (Å²) >= 11 is 0. The molecule has 122 valence electrons. The number of aromatic nitrogens is 2. The van der Waals surface area contributed by atoms with E-state index in [2.05, 4.69) is 45.4 Å². The van der Waals surface area contributed by atoms with Gasteiger partial charge in [-0.05, 0) is 37.6 Å². The van der Waals surface area contributed by atoms with E-state index >= 15 is 0 Å². The van der Waals surface area contributed by atoms with Crippen LogP contribution in [0.4, 0.5) is 0 Å². The Labute approximate surface area is 141 Å². The summed E-state index contributed by atoms with van der Waals surface area (Å²) in [6, 6.07) is 18.4. The third-order valence-corrected chi connectivity index (χ3v) is 4.95. The summed E-state index contributed by atoms with van der Waals surface area (Å²) in [5.74, 6) is 0.416. The molecular weight excluding hydrogens is 298 g/mol. The predicted molar refractivity (Wildman–Crippen MR) is 96.1 cm³/mol. The van der Waals surface area contributed by atoms with E-state index in [1.807, 2.05) is 24.3 Å². The highest BCUT2D eigenvalue weighted by Crippen LogP contribution is 2.30. The number of nitrogens with one attached hydrogen (secondary N) is 1. The highest BCUT2D eigenvalue weighted by Gasteiger charge is 2.23. The van der Waals surface area contributed by atoms with E-state index in [0.717, 1.165) is 48.9 Å². The molecule has 4 rings (SSSR count). The van der Waals surface area contributed by atoms with E-state index in [0.29, 0.717) is 5.92 Å². The summed E-state index contributed by atoms with van der Waals surface area (Å²) in [4.78, 5) is 14.4. The van der Waals surface area contributed by atoms with Crippen molar-refractivity contribution in [2.75, 3.05) is 13.1 Å². The minimum atomic E-state index is -0.101. The highest BCUT2D eigenvalue weighted by atomic mass is 16.1. The molecule has 0 atom stereocenters. The molecule has 1 N–H and O–H groups in total. The molecule has 2 heterocycles. The molecule has 0 spiro atoms. The molecule has 1 aliphatic heterocycles. The summed E-state index contributed by atoms with van der Waals surface area (Å²) in [7, 11) is 0. The van der Waals surface area contributed by atoms with E-state index in [9.17, 15) is 4.79 Å². The maximum Gasteiger partial charge on any atom is 0.272 e. The van der Waals surface area contributed by atoms with Crippen LogP contribution in [0.3, 0.4) is 0 Å². The minimum Gasteiger partial charge on any atom is -0.299 e. The third kappa shape index (κ3) is 2.97. The number of piperidine rings is 1. The summed E-state index contributed by atoms with van der Waals surface area (Å²) in [5.41, 5.74) is 2.31. The first-order chi connectivity index (χ1) is 11.8. The van der Waals surface area contributed by atoms with Crippen LogP contribution in [0.2, 0.25) is 0 Å². The van der Waals surface area contributed by atoms with Gasteiger partial charge in [0.05, 0.1) is 11.1 Å². The fourth-order valence-corrected chi connectivity index (χ4v) is 3.65. The van der Waals surface area contributed by atoms with Crippen LogP contribution >= 0.6 is 0 Å². The van der Waals surface area contributed by atoms with Crippen LogP contribution in [0.5, 0.6) is 0 Å². The lowest BCUT2D eigenvalue weighted by Crippen LogP contribution is -2.33. The van der Waals surface area contributed by atoms with Gasteiger partial charge in [-0.2, -0.15) is 5.10 Å². The molecule has 4 nitrogen and oxygen atoms in total. The number of likely N-dealkylation sites (tertiary alicyclic amines) is 1. The molecule has 0 bridgehead atoms. The Morgan fingerprint density at radius 2 is 1.62 bits per heavy atom. The second kappa shape index (κ2) is 6.57. The number of fused-ring (bicyclic) bond motifs is 1. The first-order valence-corrected chi connectivity index (χ1v) is 8.55. The Bertz CT molecular complexity index is 880. The Kier molecular flexibility index (Phi) is 4.13. The first-order valence-electron chi connectivity index (χ1n) is 8.55. The van der Waals surface area contributed by atoms with Gasteiger partial charge in [0.15, 0.2) is 0 Å². The van der Waals surface area contributed by atoms with E-state index in [4.69, 9.17) is 0 Å². The van der Waals surface area contributed by atoms with Crippen LogP contribution in [0.15, 0.2) is 59.4 Å². The molecule has 1 aliphatic rings. The van der Waals surface area contributed by atoms with Gasteiger partial charge < -0.3 is 0 Å². The average molecular weight is 319 g/mol. The summed E-state index contributed by atoms with van der Waals surface area (Å²) in [6.07, 6.45) is 2.16. The number of aromatic amines is 1. The summed E-state index contributed by atoms with van der Waals surface area (Å²) in [5, 5.41) is 8.80. The van der Waals surface area contributed by atoms with Crippen molar-refractivity contribution in [2.24, 2.45) is 0 Å². The SMILES string of the molecule is O=c1[nH]nc(C2CCN(Cc3ccccc3)CC2)c2ccccc12. The quantitative estimate of drug-likeness (QED) is 0.806. The smallest absolute Gasteiger partial charge is 0.272 e. The lowest BCUT2D eigenvalue weighted by Gasteiger charge is -2.31. The maximum absolute atomic E-state index is 11.9. The van der Waals surface area contributed by atoms with E-state index in [1.54, 1.807) is 0 Å². The zero-order chi connectivity index (χ0) is 16.4. The lowest BCUT2D eigenvalue weighted by atomic mass is 9.90. The van der Waals surface area contributed by atoms with E-state index in [-0.39, 0.29) is 5.56 Å². The van der Waals surface area contributed by atoms with Crippen molar-refractivity contribution >= 4 is 10.8 Å². The normalized spacial score (nSPS) is 16.5. The van der Waals surface area contributed by atoms with E-state index < -0.39 is 0 Å². The molecule has 1 aromatic heterocycles. The minimum absolute atomic E-state index is 0.101. The second-order valence-electron chi connectivity index (χ2n) is 6.52. The van der Waals surface area contributed by atoms with Gasteiger partial charge in [-0.1, -0.05) is 48.5 Å². The van der Waals surface area contributed by atoms with Crippen molar-refractivity contribution in [3.05, 3.63) is 76.2 Å². The van der Waals surface area contributed by atoms with E-state index in [1.165, 1.54) is 5.56 Å². The monoisotopic (exact) mass is 319 g/mol. The van der Waals surface area contributed by atoms with Crippen molar-refractivity contribution in [3.63, 3.8) is 0 Å². The molecule has 4 heteroatoms. The molecule has 1 saturated heterocycles. The number of hydrogen-bond donors (Lipinski definition) is 1. The largest absolute Gasteiger partial charge is 0.299 e. The maximum atomic E-state index is 11.9. The molecule has 0 aliphatic carbocycles. The molecule has 0 radical (unpaired) electrons. The van der Waals surface area contributed by atoms with Crippen LogP contribution < -0.4 is 5.56 Å². The molecular formula is C20H21N3O. The van der Waals surface area contributed by atoms with Gasteiger partial charge in [0.25, 0.3) is 5.56 Å². The van der Waals surface area contributed by atoms with Gasteiger partial charge >= 0.3 is 0 Å². The molecule has 0 saturated carbocycles. The van der Waals surface area contributed by atoms with Crippen LogP contribution in [-0.2, 0) is 6.54 Å². The Morgan fingerprint density at radius 3 is 2.38 bits per heavy atom. The van der Waals surface area contributed by atoms with Crippen molar-refractivity contribution < 1.29 is 0 Å². The Balaban J connectivity index is 1.50. The van der Waals surface area contributed by atoms with Crippen molar-refractivity contribution in [3.8, 4) is 0 Å². The molecule has 24 heavy (non-hydrogen) atoms. The van der Waals surface area contributed by atoms with Gasteiger partial charge in [-0.15, -0.1) is 0 Å². The first kappa shape index (κ1) is 15.1. The highest BCUT2D eigenvalue weighted by molar-refractivity contribution is 5.83. The van der Waals surface area contributed by atoms with Crippen LogP contribution in [0.25, 0.3) is 10.8 Å². The fraction of sp³-hybridized carbons (Fsp3) is 0.300. The van der Waals surface area contributed by atoms with Crippen LogP contribution in [0.1, 0.15) is 30.0 Å². The fourth-order valence-electron chi connectivity index (χ4n) is 3.65. The van der Waals surface area contributed by atoms with Gasteiger partial charge in [0.1, 0.15) is 0 Å². The summed E-state index contributed by atoms with van der Waals surface area (Å²) < 4.78 is 0. The Hall–Kier alpha value is -2.46. The summed E-state index contributed by atoms with van der Waals surface area (Å²) in [6.45, 7) is 3.14. The van der Waals surface area contributed by atoms with Gasteiger partial charge in [0, 0.05) is 17.8 Å². The number of H-pyrrole nitrogens is 1. The van der Waals surface area contributed by atoms with Crippen molar-refractivity contribution in [1.29, 1.82) is 0 Å². The van der Waals surface area contributed by atoms with Crippen molar-refractivity contribution in [1.82, 2.24) is 15.1 Å². The van der Waals surface area contributed by atoms with Gasteiger partial charge in [0.2, 0.25) is 0 Å². The topological polar surface area (TPSA) is 49.0 Å². The predicted octanol–water partition coefficient (Wildman–Crippen LogP) is 3.30. The number of hydrogen-bond acceptors (Lipinski definition) is 3. The second-order valence-corrected chi connectivity index (χ2v) is 6.52. The number of benzene rings is 2. The van der Waals surface area contributed by atoms with Gasteiger partial charge in [-0.3, -0.25) is 9.69 Å². The lowest BCUT2D eigenvalue weighted by molar-refractivity contribution is 0.203. The Morgan fingerprint density at radius 1 is 0.958 bits per heavy atom. The van der Waals surface area contributed by atoms with Crippen LogP contribution in [0, 0.1) is 0 Å². The standard InChI is InChI=1S/C20H21N3O/c24-20-18-9-5-4-8-17(18)19(21-22-20)16-10-12-23(13-11-16)14-15-6-2-1-3-7-15/h1-9,16H,10-14H2,(H,22,24). The van der Waals surface area contributed by atoms with Gasteiger partial charge in [-0.25, -0.2) is 5.10 Å². The molecule has 0 unspecified atom stereocenters. The van der Waals surface area contributed by atoms with Crippen LogP contribution in [-0.4, -0.2) is 28.2 Å². The zero-order valence-electron chi connectivity index (χ0n) is 13.6. The molecule has 1 fully saturated rings. The average Bonchev–Trinajstić information content (AvgIpc) is 2.64. The molecule has 0 amide bonds. The van der Waals surface area contributed by atoms with Crippen molar-refractivity contribution in [2.45, 2.75) is 25.3 Å². The zero-order valence-corrected chi connectivity index (χ0v) is 13.6.